The number of hydrogen-bond donors (Lipinski definition) is 3. The van der Waals surface area contributed by atoms with Crippen LogP contribution in [0.15, 0.2) is 12.2 Å². The molecule has 1 unspecified atom stereocenters. The zero-order valence-electron chi connectivity index (χ0n) is 21.3. The Hall–Kier alpha value is -1.40. The van der Waals surface area contributed by atoms with E-state index in [1.165, 1.54) is 94.8 Å². The number of hydrogen-bond acceptors (Lipinski definition) is 4. The Balaban J connectivity index is 3.85. The van der Waals surface area contributed by atoms with E-state index < -0.39 is 11.8 Å². The van der Waals surface area contributed by atoms with Crippen molar-refractivity contribution in [3.05, 3.63) is 12.2 Å². The molecule has 0 saturated heterocycles. The molecule has 0 rings (SSSR count). The number of unbranched alkanes of at least 4 members (excludes halogenated alkanes) is 15. The lowest BCUT2D eigenvalue weighted by molar-refractivity contribution is -0.137. The van der Waals surface area contributed by atoms with E-state index in [1.807, 2.05) is 6.08 Å². The average molecular weight is 469 g/mol. The zero-order chi connectivity index (χ0) is 24.6. The average Bonchev–Trinajstić information content (AvgIpc) is 2.79. The predicted molar refractivity (Wildman–Crippen MR) is 137 cm³/mol. The van der Waals surface area contributed by atoms with Crippen LogP contribution in [-0.4, -0.2) is 53.2 Å². The molecule has 0 aliphatic rings. The number of primary amides is 1. The van der Waals surface area contributed by atoms with Crippen molar-refractivity contribution in [3.8, 4) is 0 Å². The number of allylic oxidation sites excluding steroid dienone is 1. The molecule has 0 aromatic rings. The van der Waals surface area contributed by atoms with Gasteiger partial charge in [0.2, 0.25) is 11.8 Å². The summed E-state index contributed by atoms with van der Waals surface area (Å²) in [6.07, 6.45) is 24.5. The standard InChI is InChI=1S/C27H52N2O4/c1-2-3-4-5-6-7-8-9-10-11-12-13-14-15-16-17-18-19-25(24-26(28)32)27(33)29(20-22-30)21-23-31/h18-19,25,30-31H,2-17,20-24H2,1H3,(H2,28,32). The molecule has 0 spiro atoms. The van der Waals surface area contributed by atoms with Crippen molar-refractivity contribution in [3.63, 3.8) is 0 Å². The number of aliphatic hydroxyl groups is 2. The third kappa shape index (κ3) is 19.7. The minimum atomic E-state index is -0.628. The highest BCUT2D eigenvalue weighted by atomic mass is 16.3. The van der Waals surface area contributed by atoms with E-state index in [2.05, 4.69) is 6.92 Å². The number of nitrogens with two attached hydrogens (primary N) is 1. The Morgan fingerprint density at radius 1 is 0.758 bits per heavy atom. The first-order valence-electron chi connectivity index (χ1n) is 13.5. The molecule has 0 heterocycles. The molecule has 1 atom stereocenters. The third-order valence-corrected chi connectivity index (χ3v) is 6.13. The fourth-order valence-corrected chi connectivity index (χ4v) is 4.16. The van der Waals surface area contributed by atoms with Gasteiger partial charge >= 0.3 is 0 Å². The van der Waals surface area contributed by atoms with E-state index >= 15 is 0 Å². The van der Waals surface area contributed by atoms with Gasteiger partial charge in [-0.15, -0.1) is 0 Å². The Labute approximate surface area is 203 Å². The van der Waals surface area contributed by atoms with Crippen molar-refractivity contribution < 1.29 is 19.8 Å². The Morgan fingerprint density at radius 2 is 1.18 bits per heavy atom. The summed E-state index contributed by atoms with van der Waals surface area (Å²) in [4.78, 5) is 25.3. The van der Waals surface area contributed by atoms with Crippen LogP contribution >= 0.6 is 0 Å². The number of amides is 2. The number of aliphatic hydroxyl groups excluding tert-OH is 2. The molecular formula is C27H52N2O4. The first-order valence-corrected chi connectivity index (χ1v) is 13.5. The second kappa shape index (κ2) is 23.7. The molecule has 6 heteroatoms. The van der Waals surface area contributed by atoms with Crippen molar-refractivity contribution in [2.24, 2.45) is 11.7 Å². The molecule has 33 heavy (non-hydrogen) atoms. The summed E-state index contributed by atoms with van der Waals surface area (Å²) in [7, 11) is 0. The van der Waals surface area contributed by atoms with Gasteiger partial charge in [-0.1, -0.05) is 109 Å². The van der Waals surface area contributed by atoms with Crippen LogP contribution in [0, 0.1) is 5.92 Å². The van der Waals surface area contributed by atoms with Crippen LogP contribution in [0.2, 0.25) is 0 Å². The highest BCUT2D eigenvalue weighted by Gasteiger charge is 2.23. The Kier molecular flexibility index (Phi) is 22.7. The third-order valence-electron chi connectivity index (χ3n) is 6.13. The quantitative estimate of drug-likeness (QED) is 0.135. The fourth-order valence-electron chi connectivity index (χ4n) is 4.16. The van der Waals surface area contributed by atoms with Gasteiger partial charge in [-0.05, 0) is 12.8 Å². The lowest BCUT2D eigenvalue weighted by Gasteiger charge is -2.24. The number of rotatable bonds is 24. The fraction of sp³-hybridized carbons (Fsp3) is 0.852. The predicted octanol–water partition coefficient (Wildman–Crippen LogP) is 5.11. The van der Waals surface area contributed by atoms with E-state index in [1.54, 1.807) is 6.08 Å². The van der Waals surface area contributed by atoms with Gasteiger partial charge in [0, 0.05) is 19.5 Å². The first-order chi connectivity index (χ1) is 16.1. The molecule has 0 aliphatic heterocycles. The molecule has 4 N–H and O–H groups in total. The second-order valence-corrected chi connectivity index (χ2v) is 9.22. The molecule has 0 fully saturated rings. The van der Waals surface area contributed by atoms with Crippen LogP contribution in [0.1, 0.15) is 116 Å². The van der Waals surface area contributed by atoms with E-state index in [0.29, 0.717) is 0 Å². The Bertz CT molecular complexity index is 491. The molecule has 0 aliphatic carbocycles. The normalized spacial score (nSPS) is 12.3. The van der Waals surface area contributed by atoms with Crippen LogP contribution in [0.25, 0.3) is 0 Å². The van der Waals surface area contributed by atoms with Gasteiger partial charge in [0.25, 0.3) is 0 Å². The van der Waals surface area contributed by atoms with Crippen molar-refractivity contribution >= 4 is 11.8 Å². The van der Waals surface area contributed by atoms with Crippen LogP contribution in [0.3, 0.4) is 0 Å². The van der Waals surface area contributed by atoms with Gasteiger partial charge in [0.15, 0.2) is 0 Å². The number of carbonyl (C=O) groups is 2. The molecule has 2 amide bonds. The van der Waals surface area contributed by atoms with Gasteiger partial charge in [0.1, 0.15) is 0 Å². The van der Waals surface area contributed by atoms with E-state index in [9.17, 15) is 9.59 Å². The monoisotopic (exact) mass is 468 g/mol. The van der Waals surface area contributed by atoms with Crippen LogP contribution in [-0.2, 0) is 9.59 Å². The second-order valence-electron chi connectivity index (χ2n) is 9.22. The smallest absolute Gasteiger partial charge is 0.230 e. The van der Waals surface area contributed by atoms with Gasteiger partial charge in [-0.25, -0.2) is 0 Å². The highest BCUT2D eigenvalue weighted by molar-refractivity contribution is 5.86. The van der Waals surface area contributed by atoms with Crippen molar-refractivity contribution in [2.45, 2.75) is 116 Å². The topological polar surface area (TPSA) is 104 Å². The lowest BCUT2D eigenvalue weighted by Crippen LogP contribution is -2.40. The molecule has 0 aromatic heterocycles. The lowest BCUT2D eigenvalue weighted by atomic mass is 10.0. The Morgan fingerprint density at radius 3 is 1.58 bits per heavy atom. The summed E-state index contributed by atoms with van der Waals surface area (Å²) in [6.45, 7) is 2.18. The van der Waals surface area contributed by atoms with E-state index in [-0.39, 0.29) is 38.6 Å². The van der Waals surface area contributed by atoms with Gasteiger partial charge < -0.3 is 20.8 Å². The molecule has 194 valence electrons. The van der Waals surface area contributed by atoms with E-state index in [0.717, 1.165) is 12.8 Å². The van der Waals surface area contributed by atoms with Crippen molar-refractivity contribution in [1.82, 2.24) is 4.90 Å². The zero-order valence-corrected chi connectivity index (χ0v) is 21.3. The molecule has 0 bridgehead atoms. The van der Waals surface area contributed by atoms with E-state index in [4.69, 9.17) is 15.9 Å². The SMILES string of the molecule is CCCCCCCCCCCCCCCCCC=CC(CC(N)=O)C(=O)N(CCO)CCO. The number of nitrogens with zero attached hydrogens (tertiary/aromatic N) is 1. The highest BCUT2D eigenvalue weighted by Crippen LogP contribution is 2.15. The summed E-state index contributed by atoms with van der Waals surface area (Å²) in [5, 5.41) is 18.2. The summed E-state index contributed by atoms with van der Waals surface area (Å²) in [6, 6.07) is 0. The van der Waals surface area contributed by atoms with Crippen LogP contribution in [0.5, 0.6) is 0 Å². The van der Waals surface area contributed by atoms with Gasteiger partial charge in [-0.2, -0.15) is 0 Å². The van der Waals surface area contributed by atoms with Crippen LogP contribution in [0.4, 0.5) is 0 Å². The molecular weight excluding hydrogens is 416 g/mol. The summed E-state index contributed by atoms with van der Waals surface area (Å²) < 4.78 is 0. The largest absolute Gasteiger partial charge is 0.395 e. The molecule has 0 radical (unpaired) electrons. The van der Waals surface area contributed by atoms with Crippen molar-refractivity contribution in [2.75, 3.05) is 26.3 Å². The minimum absolute atomic E-state index is 0.0540. The maximum Gasteiger partial charge on any atom is 0.230 e. The summed E-state index contributed by atoms with van der Waals surface area (Å²) >= 11 is 0. The molecule has 0 saturated carbocycles. The number of carbonyl (C=O) groups excluding carboxylic acids is 2. The van der Waals surface area contributed by atoms with Crippen molar-refractivity contribution in [1.29, 1.82) is 0 Å². The molecule has 6 nitrogen and oxygen atoms in total. The first kappa shape index (κ1) is 31.6. The van der Waals surface area contributed by atoms with Crippen LogP contribution < -0.4 is 5.73 Å². The maximum absolute atomic E-state index is 12.6. The summed E-state index contributed by atoms with van der Waals surface area (Å²) in [5.41, 5.74) is 5.30. The molecule has 0 aromatic carbocycles. The summed E-state index contributed by atoms with van der Waals surface area (Å²) in [5.74, 6) is -1.43. The maximum atomic E-state index is 12.6. The minimum Gasteiger partial charge on any atom is -0.395 e. The van der Waals surface area contributed by atoms with Gasteiger partial charge in [0.05, 0.1) is 19.1 Å². The van der Waals surface area contributed by atoms with Gasteiger partial charge in [-0.3, -0.25) is 9.59 Å².